The van der Waals surface area contributed by atoms with Crippen molar-refractivity contribution in [1.82, 2.24) is 4.98 Å². The maximum Gasteiger partial charge on any atom is 0.266 e. The van der Waals surface area contributed by atoms with E-state index in [0.29, 0.717) is 5.69 Å². The van der Waals surface area contributed by atoms with Gasteiger partial charge in [0.15, 0.2) is 11.5 Å². The van der Waals surface area contributed by atoms with E-state index in [1.54, 1.807) is 18.2 Å². The molecule has 5 nitrogen and oxygen atoms in total. The summed E-state index contributed by atoms with van der Waals surface area (Å²) in [6.45, 7) is 0. The maximum atomic E-state index is 12.5. The van der Waals surface area contributed by atoms with Gasteiger partial charge >= 0.3 is 0 Å². The van der Waals surface area contributed by atoms with Crippen LogP contribution in [0, 0.1) is 11.3 Å². The van der Waals surface area contributed by atoms with E-state index in [0.717, 1.165) is 16.3 Å². The number of pyridine rings is 1. The largest absolute Gasteiger partial charge is 0.504 e. The fraction of sp³-hybridized carbons (Fsp3) is 0. The van der Waals surface area contributed by atoms with E-state index >= 15 is 0 Å². The zero-order valence-electron chi connectivity index (χ0n) is 14.1. The summed E-state index contributed by atoms with van der Waals surface area (Å²) in [7, 11) is 0. The molecule has 0 fully saturated rings. The van der Waals surface area contributed by atoms with Gasteiger partial charge in [0, 0.05) is 16.8 Å². The molecule has 0 bridgehead atoms. The van der Waals surface area contributed by atoms with Crippen molar-refractivity contribution >= 4 is 10.8 Å². The molecule has 1 aromatic heterocycles. The summed E-state index contributed by atoms with van der Waals surface area (Å²) < 4.78 is 0. The number of benzene rings is 3. The minimum Gasteiger partial charge on any atom is -0.504 e. The van der Waals surface area contributed by atoms with Crippen LogP contribution in [0.25, 0.3) is 33.2 Å². The standard InChI is InChI=1S/C22H14N2O3/c23-12-18-17(16-6-3-7-20(25)21(16)26)11-19(24-22(18)27)15-9-8-13-4-1-2-5-14(13)10-15/h1-11,25-26H,(H,24,27). The molecule has 3 N–H and O–H groups in total. The van der Waals surface area contributed by atoms with Gasteiger partial charge in [-0.25, -0.2) is 0 Å². The number of nitriles is 1. The second-order valence-corrected chi connectivity index (χ2v) is 6.15. The van der Waals surface area contributed by atoms with Crippen LogP contribution in [0.15, 0.2) is 71.5 Å². The Kier molecular flexibility index (Phi) is 3.87. The Morgan fingerprint density at radius 3 is 2.41 bits per heavy atom. The highest BCUT2D eigenvalue weighted by atomic mass is 16.3. The SMILES string of the molecule is N#Cc1c(-c2cccc(O)c2O)cc(-c2ccc3ccccc3c2)[nH]c1=O. The molecule has 0 aliphatic rings. The smallest absolute Gasteiger partial charge is 0.266 e. The zero-order chi connectivity index (χ0) is 19.0. The number of aromatic hydroxyl groups is 2. The summed E-state index contributed by atoms with van der Waals surface area (Å²) in [5, 5.41) is 31.5. The summed E-state index contributed by atoms with van der Waals surface area (Å²) in [6, 6.07) is 21.6. The Bertz CT molecular complexity index is 1280. The van der Waals surface area contributed by atoms with Gasteiger partial charge in [-0.2, -0.15) is 5.26 Å². The number of nitrogens with zero attached hydrogens (tertiary/aromatic N) is 1. The first-order chi connectivity index (χ1) is 13.1. The highest BCUT2D eigenvalue weighted by Crippen LogP contribution is 2.38. The molecule has 0 unspecified atom stereocenters. The van der Waals surface area contributed by atoms with E-state index in [1.165, 1.54) is 6.07 Å². The van der Waals surface area contributed by atoms with Crippen LogP contribution >= 0.6 is 0 Å². The number of aromatic nitrogens is 1. The topological polar surface area (TPSA) is 97.1 Å². The predicted octanol–water partition coefficient (Wildman–Crippen LogP) is 4.14. The molecule has 0 radical (unpaired) electrons. The number of H-pyrrole nitrogens is 1. The van der Waals surface area contributed by atoms with Gasteiger partial charge in [0.25, 0.3) is 5.56 Å². The Morgan fingerprint density at radius 2 is 1.63 bits per heavy atom. The normalized spacial score (nSPS) is 10.6. The van der Waals surface area contributed by atoms with Crippen molar-refractivity contribution in [3.63, 3.8) is 0 Å². The van der Waals surface area contributed by atoms with Crippen LogP contribution in [0.4, 0.5) is 0 Å². The van der Waals surface area contributed by atoms with Crippen molar-refractivity contribution in [1.29, 1.82) is 5.26 Å². The molecule has 0 atom stereocenters. The minimum absolute atomic E-state index is 0.125. The lowest BCUT2D eigenvalue weighted by molar-refractivity contribution is 0.405. The number of hydrogen-bond acceptors (Lipinski definition) is 4. The molecule has 0 spiro atoms. The lowest BCUT2D eigenvalue weighted by Crippen LogP contribution is -2.12. The minimum atomic E-state index is -0.555. The number of phenols is 2. The van der Waals surface area contributed by atoms with Crippen molar-refractivity contribution in [2.45, 2.75) is 0 Å². The van der Waals surface area contributed by atoms with Gasteiger partial charge in [-0.1, -0.05) is 48.5 Å². The van der Waals surface area contributed by atoms with Gasteiger partial charge in [0.1, 0.15) is 11.6 Å². The molecular formula is C22H14N2O3. The lowest BCUT2D eigenvalue weighted by Gasteiger charge is -2.11. The van der Waals surface area contributed by atoms with Crippen LogP contribution in [0.5, 0.6) is 11.5 Å². The van der Waals surface area contributed by atoms with Crippen molar-refractivity contribution in [3.05, 3.63) is 82.6 Å². The van der Waals surface area contributed by atoms with Crippen LogP contribution in [-0.2, 0) is 0 Å². The Morgan fingerprint density at radius 1 is 0.852 bits per heavy atom. The van der Waals surface area contributed by atoms with Crippen LogP contribution in [0.1, 0.15) is 5.56 Å². The highest BCUT2D eigenvalue weighted by molar-refractivity contribution is 5.88. The average Bonchev–Trinajstić information content (AvgIpc) is 2.69. The predicted molar refractivity (Wildman–Crippen MR) is 103 cm³/mol. The average molecular weight is 354 g/mol. The van der Waals surface area contributed by atoms with Gasteiger partial charge < -0.3 is 15.2 Å². The number of nitrogens with one attached hydrogen (secondary N) is 1. The van der Waals surface area contributed by atoms with Crippen LogP contribution in [0.2, 0.25) is 0 Å². The molecule has 0 saturated carbocycles. The number of fused-ring (bicyclic) bond motifs is 1. The van der Waals surface area contributed by atoms with E-state index in [-0.39, 0.29) is 28.2 Å². The molecule has 4 aromatic rings. The molecule has 3 aromatic carbocycles. The first-order valence-corrected chi connectivity index (χ1v) is 8.26. The van der Waals surface area contributed by atoms with E-state index in [9.17, 15) is 20.3 Å². The molecule has 0 saturated heterocycles. The van der Waals surface area contributed by atoms with E-state index in [4.69, 9.17) is 0 Å². The van der Waals surface area contributed by atoms with Crippen molar-refractivity contribution in [2.75, 3.05) is 0 Å². The number of rotatable bonds is 2. The fourth-order valence-electron chi connectivity index (χ4n) is 3.14. The first kappa shape index (κ1) is 16.4. The Labute approximate surface area is 154 Å². The van der Waals surface area contributed by atoms with Crippen LogP contribution in [0.3, 0.4) is 0 Å². The van der Waals surface area contributed by atoms with Crippen molar-refractivity contribution in [3.8, 4) is 40.0 Å². The van der Waals surface area contributed by atoms with Crippen molar-refractivity contribution < 1.29 is 10.2 Å². The van der Waals surface area contributed by atoms with Crippen LogP contribution in [-0.4, -0.2) is 15.2 Å². The van der Waals surface area contributed by atoms with Crippen molar-refractivity contribution in [2.24, 2.45) is 0 Å². The first-order valence-electron chi connectivity index (χ1n) is 8.26. The molecule has 0 amide bonds. The van der Waals surface area contributed by atoms with Gasteiger partial charge in [-0.3, -0.25) is 4.79 Å². The molecule has 5 heteroatoms. The molecule has 130 valence electrons. The lowest BCUT2D eigenvalue weighted by atomic mass is 9.97. The summed E-state index contributed by atoms with van der Waals surface area (Å²) in [5.74, 6) is -0.687. The molecule has 0 aliphatic carbocycles. The third-order valence-corrected chi connectivity index (χ3v) is 4.51. The number of para-hydroxylation sites is 1. The second kappa shape index (κ2) is 6.36. The van der Waals surface area contributed by atoms with Gasteiger partial charge in [-0.15, -0.1) is 0 Å². The highest BCUT2D eigenvalue weighted by Gasteiger charge is 2.17. The number of phenolic OH excluding ortho intramolecular Hbond substituents is 2. The molecular weight excluding hydrogens is 340 g/mol. The van der Waals surface area contributed by atoms with E-state index in [1.807, 2.05) is 48.5 Å². The second-order valence-electron chi connectivity index (χ2n) is 6.15. The fourth-order valence-corrected chi connectivity index (χ4v) is 3.14. The quantitative estimate of drug-likeness (QED) is 0.471. The number of hydrogen-bond donors (Lipinski definition) is 3. The molecule has 1 heterocycles. The van der Waals surface area contributed by atoms with Gasteiger partial charge in [-0.05, 0) is 34.5 Å². The summed E-state index contributed by atoms with van der Waals surface area (Å²) >= 11 is 0. The zero-order valence-corrected chi connectivity index (χ0v) is 14.1. The number of aromatic amines is 1. The maximum absolute atomic E-state index is 12.5. The molecule has 4 rings (SSSR count). The van der Waals surface area contributed by atoms with Crippen LogP contribution < -0.4 is 5.56 Å². The van der Waals surface area contributed by atoms with Gasteiger partial charge in [0.05, 0.1) is 0 Å². The summed E-state index contributed by atoms with van der Waals surface area (Å²) in [6.07, 6.45) is 0. The monoisotopic (exact) mass is 354 g/mol. The molecule has 27 heavy (non-hydrogen) atoms. The Hall–Kier alpha value is -4.04. The molecule has 0 aliphatic heterocycles. The Balaban J connectivity index is 1.98. The third kappa shape index (κ3) is 2.79. The summed E-state index contributed by atoms with van der Waals surface area (Å²) in [4.78, 5) is 15.2. The van der Waals surface area contributed by atoms with E-state index < -0.39 is 5.56 Å². The van der Waals surface area contributed by atoms with E-state index in [2.05, 4.69) is 4.98 Å². The van der Waals surface area contributed by atoms with Gasteiger partial charge in [0.2, 0.25) is 0 Å². The summed E-state index contributed by atoms with van der Waals surface area (Å²) in [5.41, 5.74) is 1.09. The third-order valence-electron chi connectivity index (χ3n) is 4.51.